The van der Waals surface area contributed by atoms with E-state index in [4.69, 9.17) is 4.74 Å². The molecule has 1 unspecified atom stereocenters. The third-order valence-electron chi connectivity index (χ3n) is 2.55. The molecule has 90 valence electrons. The molecule has 2 rings (SSSR count). The van der Waals surface area contributed by atoms with Crippen molar-refractivity contribution in [2.75, 3.05) is 6.61 Å². The molecule has 1 N–H and O–H groups in total. The second-order valence-corrected chi connectivity index (χ2v) is 4.54. The van der Waals surface area contributed by atoms with Crippen molar-refractivity contribution in [2.45, 2.75) is 20.0 Å². The Bertz CT molecular complexity index is 496. The van der Waals surface area contributed by atoms with Gasteiger partial charge in [-0.25, -0.2) is 0 Å². The van der Waals surface area contributed by atoms with Crippen LogP contribution in [0.4, 0.5) is 0 Å². The van der Waals surface area contributed by atoms with Gasteiger partial charge >= 0.3 is 0 Å². The average Bonchev–Trinajstić information content (AvgIpc) is 2.75. The molecule has 0 spiro atoms. The Kier molecular flexibility index (Phi) is 3.76. The fourth-order valence-electron chi connectivity index (χ4n) is 1.66. The van der Waals surface area contributed by atoms with Crippen molar-refractivity contribution in [1.29, 1.82) is 0 Å². The molecule has 0 radical (unpaired) electrons. The summed E-state index contributed by atoms with van der Waals surface area (Å²) in [6.07, 6.45) is 2.69. The number of aliphatic hydroxyl groups excluding tert-OH is 1. The van der Waals surface area contributed by atoms with Gasteiger partial charge in [-0.2, -0.15) is 11.3 Å². The van der Waals surface area contributed by atoms with Crippen LogP contribution >= 0.6 is 11.3 Å². The summed E-state index contributed by atoms with van der Waals surface area (Å²) in [4.78, 5) is 4.08. The van der Waals surface area contributed by atoms with Gasteiger partial charge in [-0.05, 0) is 41.8 Å². The van der Waals surface area contributed by atoms with Crippen molar-refractivity contribution in [3.05, 3.63) is 45.9 Å². The van der Waals surface area contributed by atoms with Crippen molar-refractivity contribution in [3.63, 3.8) is 0 Å². The van der Waals surface area contributed by atoms with E-state index >= 15 is 0 Å². The van der Waals surface area contributed by atoms with Gasteiger partial charge in [0.15, 0.2) is 0 Å². The van der Waals surface area contributed by atoms with Crippen LogP contribution in [-0.2, 0) is 0 Å². The monoisotopic (exact) mass is 249 g/mol. The topological polar surface area (TPSA) is 42.4 Å². The minimum atomic E-state index is -0.630. The molecule has 0 amide bonds. The van der Waals surface area contributed by atoms with Crippen LogP contribution in [0.5, 0.6) is 5.75 Å². The first kappa shape index (κ1) is 12.1. The molecule has 2 aromatic rings. The summed E-state index contributed by atoms with van der Waals surface area (Å²) in [6, 6.07) is 1.83. The molecule has 3 nitrogen and oxygen atoms in total. The molecule has 0 fully saturated rings. The highest BCUT2D eigenvalue weighted by Crippen LogP contribution is 2.28. The average molecular weight is 249 g/mol. The van der Waals surface area contributed by atoms with E-state index in [-0.39, 0.29) is 0 Å². The molecule has 0 aromatic carbocycles. The first-order valence-electron chi connectivity index (χ1n) is 5.51. The van der Waals surface area contributed by atoms with E-state index in [2.05, 4.69) is 4.98 Å². The van der Waals surface area contributed by atoms with E-state index in [1.54, 1.807) is 23.7 Å². The Morgan fingerprint density at radius 3 is 2.88 bits per heavy atom. The molecule has 2 aromatic heterocycles. The minimum Gasteiger partial charge on any atom is -0.492 e. The molecule has 0 saturated carbocycles. The van der Waals surface area contributed by atoms with Gasteiger partial charge in [0.25, 0.3) is 0 Å². The maximum absolute atomic E-state index is 10.3. The molecule has 0 bridgehead atoms. The Balaban J connectivity index is 2.28. The van der Waals surface area contributed by atoms with E-state index in [0.29, 0.717) is 12.4 Å². The van der Waals surface area contributed by atoms with Gasteiger partial charge in [-0.3, -0.25) is 4.98 Å². The van der Waals surface area contributed by atoms with Gasteiger partial charge in [0.2, 0.25) is 0 Å². The van der Waals surface area contributed by atoms with E-state index in [9.17, 15) is 5.11 Å². The maximum atomic E-state index is 10.3. The number of ether oxygens (including phenoxy) is 1. The minimum absolute atomic E-state index is 0.596. The highest BCUT2D eigenvalue weighted by Gasteiger charge is 2.14. The molecule has 2 heterocycles. The number of thiophene rings is 1. The van der Waals surface area contributed by atoms with Gasteiger partial charge in [-0.15, -0.1) is 0 Å². The predicted molar refractivity (Wildman–Crippen MR) is 68.5 cm³/mol. The second-order valence-electron chi connectivity index (χ2n) is 3.80. The SMILES string of the molecule is CCOc1cncc(C(O)c2cscc2C)c1. The molecule has 1 atom stereocenters. The Labute approximate surface area is 105 Å². The zero-order valence-electron chi connectivity index (χ0n) is 9.88. The fraction of sp³-hybridized carbons (Fsp3) is 0.308. The largest absolute Gasteiger partial charge is 0.492 e. The third kappa shape index (κ3) is 2.65. The van der Waals surface area contributed by atoms with Crippen molar-refractivity contribution in [1.82, 2.24) is 4.98 Å². The zero-order chi connectivity index (χ0) is 12.3. The number of pyridine rings is 1. The number of hydrogen-bond donors (Lipinski definition) is 1. The highest BCUT2D eigenvalue weighted by atomic mass is 32.1. The molecule has 4 heteroatoms. The number of hydrogen-bond acceptors (Lipinski definition) is 4. The quantitative estimate of drug-likeness (QED) is 0.906. The second kappa shape index (κ2) is 5.29. The van der Waals surface area contributed by atoms with Crippen molar-refractivity contribution in [2.24, 2.45) is 0 Å². The smallest absolute Gasteiger partial charge is 0.137 e. The van der Waals surface area contributed by atoms with E-state index in [1.165, 1.54) is 0 Å². The Morgan fingerprint density at radius 2 is 2.24 bits per heavy atom. The summed E-state index contributed by atoms with van der Waals surface area (Å²) < 4.78 is 5.37. The lowest BCUT2D eigenvalue weighted by atomic mass is 10.0. The predicted octanol–water partition coefficient (Wildman–Crippen LogP) is 2.93. The van der Waals surface area contributed by atoms with Crippen LogP contribution in [0.1, 0.15) is 29.7 Å². The number of rotatable bonds is 4. The first-order chi connectivity index (χ1) is 8.22. The molecule has 0 saturated heterocycles. The van der Waals surface area contributed by atoms with Crippen molar-refractivity contribution >= 4 is 11.3 Å². The highest BCUT2D eigenvalue weighted by molar-refractivity contribution is 7.08. The summed E-state index contributed by atoms with van der Waals surface area (Å²) in [7, 11) is 0. The Hall–Kier alpha value is -1.39. The van der Waals surface area contributed by atoms with E-state index < -0.39 is 6.10 Å². The molecular formula is C13H15NO2S. The molecule has 0 aliphatic rings. The number of aromatic nitrogens is 1. The number of aryl methyl sites for hydroxylation is 1. The van der Waals surface area contributed by atoms with Crippen LogP contribution in [0.15, 0.2) is 29.2 Å². The third-order valence-corrected chi connectivity index (χ3v) is 3.43. The number of nitrogens with zero attached hydrogens (tertiary/aromatic N) is 1. The standard InChI is InChI=1S/C13H15NO2S/c1-3-16-11-4-10(5-14-6-11)13(15)12-8-17-7-9(12)2/h4-8,13,15H,3H2,1-2H3. The lowest BCUT2D eigenvalue weighted by Gasteiger charge is -2.12. The van der Waals surface area contributed by atoms with Crippen LogP contribution in [0.2, 0.25) is 0 Å². The van der Waals surface area contributed by atoms with Gasteiger partial charge in [0.05, 0.1) is 12.8 Å². The van der Waals surface area contributed by atoms with E-state index in [0.717, 1.165) is 16.7 Å². The van der Waals surface area contributed by atoms with Crippen molar-refractivity contribution < 1.29 is 9.84 Å². The fourth-order valence-corrected chi connectivity index (χ4v) is 2.53. The molecule has 17 heavy (non-hydrogen) atoms. The van der Waals surface area contributed by atoms with Crippen LogP contribution in [0, 0.1) is 6.92 Å². The molecule has 0 aliphatic carbocycles. The van der Waals surface area contributed by atoms with E-state index in [1.807, 2.05) is 30.7 Å². The Morgan fingerprint density at radius 1 is 1.41 bits per heavy atom. The van der Waals surface area contributed by atoms with Gasteiger partial charge in [0.1, 0.15) is 11.9 Å². The normalized spacial score (nSPS) is 12.4. The summed E-state index contributed by atoms with van der Waals surface area (Å²) in [5.74, 6) is 0.692. The summed E-state index contributed by atoms with van der Waals surface area (Å²) >= 11 is 1.59. The summed E-state index contributed by atoms with van der Waals surface area (Å²) in [6.45, 7) is 4.51. The van der Waals surface area contributed by atoms with Gasteiger partial charge in [-0.1, -0.05) is 0 Å². The summed E-state index contributed by atoms with van der Waals surface area (Å²) in [5, 5.41) is 14.3. The lowest BCUT2D eigenvalue weighted by Crippen LogP contribution is -2.01. The first-order valence-corrected chi connectivity index (χ1v) is 6.45. The number of aliphatic hydroxyl groups is 1. The van der Waals surface area contributed by atoms with Gasteiger partial charge < -0.3 is 9.84 Å². The summed E-state index contributed by atoms with van der Waals surface area (Å²) in [5.41, 5.74) is 2.80. The van der Waals surface area contributed by atoms with Gasteiger partial charge in [0, 0.05) is 11.8 Å². The maximum Gasteiger partial charge on any atom is 0.137 e. The van der Waals surface area contributed by atoms with Crippen LogP contribution in [0.3, 0.4) is 0 Å². The van der Waals surface area contributed by atoms with Crippen LogP contribution < -0.4 is 4.74 Å². The zero-order valence-corrected chi connectivity index (χ0v) is 10.7. The van der Waals surface area contributed by atoms with Crippen molar-refractivity contribution in [3.8, 4) is 5.75 Å². The lowest BCUT2D eigenvalue weighted by molar-refractivity contribution is 0.218. The molecule has 0 aliphatic heterocycles. The molecular weight excluding hydrogens is 234 g/mol. The van der Waals surface area contributed by atoms with Crippen LogP contribution in [-0.4, -0.2) is 16.7 Å². The van der Waals surface area contributed by atoms with Crippen LogP contribution in [0.25, 0.3) is 0 Å².